The highest BCUT2D eigenvalue weighted by molar-refractivity contribution is 5.92. The number of carbonyl (C=O) groups is 1. The number of nitrogens with zero attached hydrogens (tertiary/aromatic N) is 2. The Morgan fingerprint density at radius 1 is 1.50 bits per heavy atom. The molecular weight excluding hydrogens is 202 g/mol. The highest BCUT2D eigenvalue weighted by Gasteiger charge is 2.18. The molecular formula is C12H19N3O. The molecule has 88 valence electrons. The molecule has 1 aromatic rings. The second-order valence-electron chi connectivity index (χ2n) is 4.05. The van der Waals surface area contributed by atoms with Crippen LogP contribution in [0.3, 0.4) is 0 Å². The van der Waals surface area contributed by atoms with Crippen LogP contribution in [0, 0.1) is 6.92 Å². The molecule has 0 aromatic carbocycles. The fraction of sp³-hybridized carbons (Fsp3) is 0.500. The predicted octanol–water partition coefficient (Wildman–Crippen LogP) is 1.20. The molecule has 0 aliphatic carbocycles. The summed E-state index contributed by atoms with van der Waals surface area (Å²) in [6.07, 6.45) is 0. The van der Waals surface area contributed by atoms with Crippen molar-refractivity contribution in [3.8, 4) is 0 Å². The first kappa shape index (κ1) is 12.6. The molecule has 0 unspecified atom stereocenters. The van der Waals surface area contributed by atoms with Gasteiger partial charge in [0.2, 0.25) is 0 Å². The molecule has 2 N–H and O–H groups in total. The Bertz CT molecular complexity index is 363. The normalized spacial score (nSPS) is 10.6. The molecule has 4 heteroatoms. The molecule has 0 aliphatic rings. The van der Waals surface area contributed by atoms with E-state index >= 15 is 0 Å². The SMILES string of the molecule is Cc1cccc(C(=O)N(CCN)C(C)C)n1. The summed E-state index contributed by atoms with van der Waals surface area (Å²) in [5, 5.41) is 0. The maximum absolute atomic E-state index is 12.1. The fourth-order valence-electron chi connectivity index (χ4n) is 1.54. The maximum Gasteiger partial charge on any atom is 0.272 e. The third-order valence-corrected chi connectivity index (χ3v) is 2.36. The van der Waals surface area contributed by atoms with Gasteiger partial charge in [-0.3, -0.25) is 4.79 Å². The van der Waals surface area contributed by atoms with Crippen molar-refractivity contribution in [3.05, 3.63) is 29.6 Å². The van der Waals surface area contributed by atoms with Gasteiger partial charge in [-0.15, -0.1) is 0 Å². The number of carbonyl (C=O) groups excluding carboxylic acids is 1. The summed E-state index contributed by atoms with van der Waals surface area (Å²) in [4.78, 5) is 18.1. The van der Waals surface area contributed by atoms with E-state index in [0.717, 1.165) is 5.69 Å². The molecule has 1 rings (SSSR count). The Morgan fingerprint density at radius 3 is 2.69 bits per heavy atom. The lowest BCUT2D eigenvalue weighted by Gasteiger charge is -2.25. The first-order chi connectivity index (χ1) is 7.56. The molecule has 1 amide bonds. The van der Waals surface area contributed by atoms with E-state index in [1.165, 1.54) is 0 Å². The monoisotopic (exact) mass is 221 g/mol. The van der Waals surface area contributed by atoms with E-state index in [1.54, 1.807) is 11.0 Å². The molecule has 1 heterocycles. The summed E-state index contributed by atoms with van der Waals surface area (Å²) in [7, 11) is 0. The van der Waals surface area contributed by atoms with Crippen LogP contribution in [0.5, 0.6) is 0 Å². The minimum Gasteiger partial charge on any atom is -0.334 e. The van der Waals surface area contributed by atoms with Gasteiger partial charge in [-0.1, -0.05) is 6.07 Å². The van der Waals surface area contributed by atoms with Gasteiger partial charge in [-0.05, 0) is 32.9 Å². The van der Waals surface area contributed by atoms with Crippen molar-refractivity contribution in [2.24, 2.45) is 5.73 Å². The Kier molecular flexibility index (Phi) is 4.43. The van der Waals surface area contributed by atoms with Crippen molar-refractivity contribution >= 4 is 5.91 Å². The smallest absolute Gasteiger partial charge is 0.272 e. The Hall–Kier alpha value is -1.42. The van der Waals surface area contributed by atoms with Gasteiger partial charge in [-0.25, -0.2) is 4.98 Å². The van der Waals surface area contributed by atoms with E-state index < -0.39 is 0 Å². The first-order valence-electron chi connectivity index (χ1n) is 5.51. The number of hydrogen-bond acceptors (Lipinski definition) is 3. The summed E-state index contributed by atoms with van der Waals surface area (Å²) < 4.78 is 0. The number of aryl methyl sites for hydroxylation is 1. The third kappa shape index (κ3) is 3.03. The van der Waals surface area contributed by atoms with Crippen LogP contribution in [0.25, 0.3) is 0 Å². The van der Waals surface area contributed by atoms with Crippen LogP contribution in [-0.4, -0.2) is 34.9 Å². The van der Waals surface area contributed by atoms with Gasteiger partial charge in [0.1, 0.15) is 5.69 Å². The second-order valence-corrected chi connectivity index (χ2v) is 4.05. The Balaban J connectivity index is 2.90. The van der Waals surface area contributed by atoms with Gasteiger partial charge >= 0.3 is 0 Å². The number of hydrogen-bond donors (Lipinski definition) is 1. The molecule has 0 bridgehead atoms. The van der Waals surface area contributed by atoms with E-state index in [9.17, 15) is 4.79 Å². The first-order valence-corrected chi connectivity index (χ1v) is 5.51. The average molecular weight is 221 g/mol. The largest absolute Gasteiger partial charge is 0.334 e. The molecule has 0 radical (unpaired) electrons. The summed E-state index contributed by atoms with van der Waals surface area (Å²) in [5.74, 6) is -0.0517. The van der Waals surface area contributed by atoms with Gasteiger partial charge < -0.3 is 10.6 Å². The van der Waals surface area contributed by atoms with Crippen LogP contribution >= 0.6 is 0 Å². The fourth-order valence-corrected chi connectivity index (χ4v) is 1.54. The lowest BCUT2D eigenvalue weighted by Crippen LogP contribution is -2.40. The standard InChI is InChI=1S/C12H19N3O/c1-9(2)15(8-7-13)12(16)11-6-4-5-10(3)14-11/h4-6,9H,7-8,13H2,1-3H3. The van der Waals surface area contributed by atoms with Crippen molar-refractivity contribution in [3.63, 3.8) is 0 Å². The molecule has 16 heavy (non-hydrogen) atoms. The minimum atomic E-state index is -0.0517. The Morgan fingerprint density at radius 2 is 2.19 bits per heavy atom. The zero-order valence-electron chi connectivity index (χ0n) is 10.1. The Labute approximate surface area is 96.5 Å². The van der Waals surface area contributed by atoms with Crippen LogP contribution in [-0.2, 0) is 0 Å². The van der Waals surface area contributed by atoms with Crippen molar-refractivity contribution in [2.75, 3.05) is 13.1 Å². The predicted molar refractivity (Wildman–Crippen MR) is 64.2 cm³/mol. The maximum atomic E-state index is 12.1. The quantitative estimate of drug-likeness (QED) is 0.831. The molecule has 0 aliphatic heterocycles. The summed E-state index contributed by atoms with van der Waals surface area (Å²) >= 11 is 0. The van der Waals surface area contributed by atoms with E-state index in [0.29, 0.717) is 18.8 Å². The number of amides is 1. The van der Waals surface area contributed by atoms with Crippen molar-refractivity contribution < 1.29 is 4.79 Å². The number of pyridine rings is 1. The zero-order valence-corrected chi connectivity index (χ0v) is 10.1. The highest BCUT2D eigenvalue weighted by atomic mass is 16.2. The van der Waals surface area contributed by atoms with E-state index in [2.05, 4.69) is 4.98 Å². The van der Waals surface area contributed by atoms with E-state index in [4.69, 9.17) is 5.73 Å². The number of aromatic nitrogens is 1. The van der Waals surface area contributed by atoms with E-state index in [-0.39, 0.29) is 11.9 Å². The molecule has 0 saturated heterocycles. The number of rotatable bonds is 4. The van der Waals surface area contributed by atoms with Gasteiger partial charge in [0.25, 0.3) is 5.91 Å². The van der Waals surface area contributed by atoms with Gasteiger partial charge in [-0.2, -0.15) is 0 Å². The lowest BCUT2D eigenvalue weighted by molar-refractivity contribution is 0.0705. The van der Waals surface area contributed by atoms with Gasteiger partial charge in [0.15, 0.2) is 0 Å². The van der Waals surface area contributed by atoms with Crippen molar-refractivity contribution in [1.82, 2.24) is 9.88 Å². The van der Waals surface area contributed by atoms with Crippen LogP contribution in [0.15, 0.2) is 18.2 Å². The topological polar surface area (TPSA) is 59.2 Å². The van der Waals surface area contributed by atoms with Crippen LogP contribution in [0.4, 0.5) is 0 Å². The number of nitrogens with two attached hydrogens (primary N) is 1. The minimum absolute atomic E-state index is 0.0517. The lowest BCUT2D eigenvalue weighted by atomic mass is 10.2. The molecule has 0 saturated carbocycles. The second kappa shape index (κ2) is 5.61. The summed E-state index contributed by atoms with van der Waals surface area (Å²) in [5.41, 5.74) is 6.84. The summed E-state index contributed by atoms with van der Waals surface area (Å²) in [6, 6.07) is 5.59. The van der Waals surface area contributed by atoms with Crippen molar-refractivity contribution in [1.29, 1.82) is 0 Å². The molecule has 0 fully saturated rings. The molecule has 0 atom stereocenters. The van der Waals surface area contributed by atoms with Gasteiger partial charge in [0.05, 0.1) is 0 Å². The third-order valence-electron chi connectivity index (χ3n) is 2.36. The van der Waals surface area contributed by atoms with Crippen LogP contribution < -0.4 is 5.73 Å². The zero-order chi connectivity index (χ0) is 12.1. The molecule has 0 spiro atoms. The van der Waals surface area contributed by atoms with Gasteiger partial charge in [0, 0.05) is 24.8 Å². The van der Waals surface area contributed by atoms with Crippen molar-refractivity contribution in [2.45, 2.75) is 26.8 Å². The molecule has 4 nitrogen and oxygen atoms in total. The molecule has 1 aromatic heterocycles. The van der Waals surface area contributed by atoms with Crippen LogP contribution in [0.1, 0.15) is 30.0 Å². The van der Waals surface area contributed by atoms with Crippen LogP contribution in [0.2, 0.25) is 0 Å². The average Bonchev–Trinajstić information content (AvgIpc) is 2.24. The summed E-state index contributed by atoms with van der Waals surface area (Å²) in [6.45, 7) is 6.86. The highest BCUT2D eigenvalue weighted by Crippen LogP contribution is 2.06. The van der Waals surface area contributed by atoms with E-state index in [1.807, 2.05) is 32.9 Å².